The van der Waals surface area contributed by atoms with E-state index in [0.717, 1.165) is 12.5 Å². The largest absolute Gasteiger partial charge is 0.309 e. The Hall–Kier alpha value is -0.0800. The van der Waals surface area contributed by atoms with Crippen molar-refractivity contribution in [3.05, 3.63) is 0 Å². The molecule has 1 unspecified atom stereocenters. The van der Waals surface area contributed by atoms with E-state index in [9.17, 15) is 0 Å². The Labute approximate surface area is 107 Å². The van der Waals surface area contributed by atoms with E-state index < -0.39 is 0 Å². The number of rotatable bonds is 3. The van der Waals surface area contributed by atoms with E-state index in [1.807, 2.05) is 0 Å². The Morgan fingerprint density at radius 2 is 1.71 bits per heavy atom. The summed E-state index contributed by atoms with van der Waals surface area (Å²) in [5, 5.41) is 3.67. The van der Waals surface area contributed by atoms with Crippen LogP contribution in [0.1, 0.15) is 48.0 Å². The average Bonchev–Trinajstić information content (AvgIpc) is 2.61. The van der Waals surface area contributed by atoms with Crippen molar-refractivity contribution in [2.75, 3.05) is 26.2 Å². The van der Waals surface area contributed by atoms with Gasteiger partial charge < -0.3 is 5.32 Å². The molecule has 0 aromatic carbocycles. The molecule has 1 aliphatic carbocycles. The van der Waals surface area contributed by atoms with E-state index in [1.165, 1.54) is 26.1 Å². The fourth-order valence-electron chi connectivity index (χ4n) is 3.58. The first kappa shape index (κ1) is 13.4. The predicted molar refractivity (Wildman–Crippen MR) is 74.2 cm³/mol. The maximum atomic E-state index is 3.67. The average molecular weight is 238 g/mol. The van der Waals surface area contributed by atoms with E-state index in [2.05, 4.69) is 51.8 Å². The standard InChI is InChI=1S/C15H30N2/c1-7-15(6)11-17(9-8-16-15)10-12-13(2,3)14(12,4)5/h12,16H,7-11H2,1-6H3. The van der Waals surface area contributed by atoms with Gasteiger partial charge in [-0.15, -0.1) is 0 Å². The molecule has 1 heterocycles. The van der Waals surface area contributed by atoms with Crippen molar-refractivity contribution in [3.63, 3.8) is 0 Å². The molecule has 2 aliphatic rings. The topological polar surface area (TPSA) is 15.3 Å². The summed E-state index contributed by atoms with van der Waals surface area (Å²) in [5.74, 6) is 0.870. The first-order chi connectivity index (χ1) is 7.73. The molecule has 1 saturated heterocycles. The second kappa shape index (κ2) is 3.96. The first-order valence-electron chi connectivity index (χ1n) is 7.20. The molecule has 2 rings (SSSR count). The summed E-state index contributed by atoms with van der Waals surface area (Å²) in [4.78, 5) is 2.68. The molecule has 100 valence electrons. The molecule has 1 N–H and O–H groups in total. The van der Waals surface area contributed by atoms with E-state index in [-0.39, 0.29) is 0 Å². The molecule has 1 atom stereocenters. The number of nitrogens with one attached hydrogen (secondary N) is 1. The Bertz CT molecular complexity index is 281. The summed E-state index contributed by atoms with van der Waals surface area (Å²) in [6.07, 6.45) is 1.22. The van der Waals surface area contributed by atoms with Crippen LogP contribution in [0.4, 0.5) is 0 Å². The van der Waals surface area contributed by atoms with Crippen molar-refractivity contribution >= 4 is 0 Å². The normalized spacial score (nSPS) is 37.1. The Balaban J connectivity index is 1.93. The summed E-state index contributed by atoms with van der Waals surface area (Å²) in [6.45, 7) is 19.2. The van der Waals surface area contributed by atoms with Gasteiger partial charge in [0.05, 0.1) is 0 Å². The quantitative estimate of drug-likeness (QED) is 0.813. The highest BCUT2D eigenvalue weighted by atomic mass is 15.2. The molecule has 2 nitrogen and oxygen atoms in total. The lowest BCUT2D eigenvalue weighted by Crippen LogP contribution is -2.58. The van der Waals surface area contributed by atoms with Crippen molar-refractivity contribution in [1.82, 2.24) is 10.2 Å². The van der Waals surface area contributed by atoms with Crippen LogP contribution < -0.4 is 5.32 Å². The second-order valence-corrected chi connectivity index (χ2v) is 7.57. The summed E-state index contributed by atoms with van der Waals surface area (Å²) >= 11 is 0. The summed E-state index contributed by atoms with van der Waals surface area (Å²) in [7, 11) is 0. The van der Waals surface area contributed by atoms with E-state index in [1.54, 1.807) is 0 Å². The molecular formula is C15H30N2. The van der Waals surface area contributed by atoms with Gasteiger partial charge in [-0.2, -0.15) is 0 Å². The molecular weight excluding hydrogens is 208 g/mol. The van der Waals surface area contributed by atoms with Crippen LogP contribution in [0.5, 0.6) is 0 Å². The van der Waals surface area contributed by atoms with Gasteiger partial charge in [0.1, 0.15) is 0 Å². The fourth-order valence-corrected chi connectivity index (χ4v) is 3.58. The van der Waals surface area contributed by atoms with Crippen LogP contribution in [-0.2, 0) is 0 Å². The maximum absolute atomic E-state index is 3.67. The van der Waals surface area contributed by atoms with E-state index >= 15 is 0 Å². The molecule has 1 aliphatic heterocycles. The highest BCUT2D eigenvalue weighted by molar-refractivity contribution is 5.13. The maximum Gasteiger partial charge on any atom is 0.0278 e. The van der Waals surface area contributed by atoms with Crippen molar-refractivity contribution < 1.29 is 0 Å². The smallest absolute Gasteiger partial charge is 0.0278 e. The van der Waals surface area contributed by atoms with Gasteiger partial charge >= 0.3 is 0 Å². The van der Waals surface area contributed by atoms with Crippen molar-refractivity contribution in [1.29, 1.82) is 0 Å². The molecule has 0 spiro atoms. The summed E-state index contributed by atoms with van der Waals surface area (Å²) in [5.41, 5.74) is 1.39. The third kappa shape index (κ3) is 2.15. The van der Waals surface area contributed by atoms with Crippen LogP contribution >= 0.6 is 0 Å². The number of hydrogen-bond acceptors (Lipinski definition) is 2. The van der Waals surface area contributed by atoms with Gasteiger partial charge in [-0.05, 0) is 30.1 Å². The molecule has 0 amide bonds. The molecule has 2 fully saturated rings. The Morgan fingerprint density at radius 3 is 2.18 bits per heavy atom. The summed E-state index contributed by atoms with van der Waals surface area (Å²) < 4.78 is 0. The summed E-state index contributed by atoms with van der Waals surface area (Å²) in [6, 6.07) is 0. The van der Waals surface area contributed by atoms with Gasteiger partial charge in [0.25, 0.3) is 0 Å². The highest BCUT2D eigenvalue weighted by Gasteiger charge is 2.64. The lowest BCUT2D eigenvalue weighted by atomic mass is 9.95. The van der Waals surface area contributed by atoms with E-state index in [4.69, 9.17) is 0 Å². The number of nitrogens with zero attached hydrogens (tertiary/aromatic N) is 1. The van der Waals surface area contributed by atoms with Crippen LogP contribution in [0.15, 0.2) is 0 Å². The lowest BCUT2D eigenvalue weighted by molar-refractivity contribution is 0.129. The van der Waals surface area contributed by atoms with Gasteiger partial charge in [0, 0.05) is 31.7 Å². The van der Waals surface area contributed by atoms with Crippen molar-refractivity contribution in [3.8, 4) is 0 Å². The minimum Gasteiger partial charge on any atom is -0.309 e. The van der Waals surface area contributed by atoms with Crippen LogP contribution in [-0.4, -0.2) is 36.6 Å². The number of hydrogen-bond donors (Lipinski definition) is 1. The number of piperazine rings is 1. The fraction of sp³-hybridized carbons (Fsp3) is 1.00. The van der Waals surface area contributed by atoms with Gasteiger partial charge in [-0.3, -0.25) is 4.90 Å². The zero-order valence-corrected chi connectivity index (χ0v) is 12.6. The second-order valence-electron chi connectivity index (χ2n) is 7.57. The van der Waals surface area contributed by atoms with Gasteiger partial charge in [-0.25, -0.2) is 0 Å². The molecule has 2 heteroatoms. The van der Waals surface area contributed by atoms with E-state index in [0.29, 0.717) is 16.4 Å². The third-order valence-corrected chi connectivity index (χ3v) is 6.09. The molecule has 0 radical (unpaired) electrons. The predicted octanol–water partition coefficient (Wildman–Crippen LogP) is 2.74. The highest BCUT2D eigenvalue weighted by Crippen LogP contribution is 2.68. The monoisotopic (exact) mass is 238 g/mol. The van der Waals surface area contributed by atoms with Crippen LogP contribution in [0.3, 0.4) is 0 Å². The zero-order chi connectivity index (χ0) is 12.9. The molecule has 0 bridgehead atoms. The minimum atomic E-state index is 0.335. The van der Waals surface area contributed by atoms with Crippen LogP contribution in [0.25, 0.3) is 0 Å². The molecule has 0 aromatic rings. The van der Waals surface area contributed by atoms with Gasteiger partial charge in [0.2, 0.25) is 0 Å². The van der Waals surface area contributed by atoms with Gasteiger partial charge in [-0.1, -0.05) is 34.6 Å². The lowest BCUT2D eigenvalue weighted by Gasteiger charge is -2.41. The van der Waals surface area contributed by atoms with Crippen LogP contribution in [0, 0.1) is 16.7 Å². The Morgan fingerprint density at radius 1 is 1.12 bits per heavy atom. The minimum absolute atomic E-state index is 0.335. The molecule has 17 heavy (non-hydrogen) atoms. The van der Waals surface area contributed by atoms with Gasteiger partial charge in [0.15, 0.2) is 0 Å². The Kier molecular flexibility index (Phi) is 3.11. The SMILES string of the molecule is CCC1(C)CN(CC2C(C)(C)C2(C)C)CCN1. The zero-order valence-electron chi connectivity index (χ0n) is 12.6. The molecule has 1 saturated carbocycles. The van der Waals surface area contributed by atoms with Crippen molar-refractivity contribution in [2.24, 2.45) is 16.7 Å². The molecule has 0 aromatic heterocycles. The van der Waals surface area contributed by atoms with Crippen LogP contribution in [0.2, 0.25) is 0 Å². The van der Waals surface area contributed by atoms with Crippen molar-refractivity contribution in [2.45, 2.75) is 53.5 Å². The third-order valence-electron chi connectivity index (χ3n) is 6.09. The first-order valence-corrected chi connectivity index (χ1v) is 7.20.